The molecule has 0 radical (unpaired) electrons. The smallest absolute Gasteiger partial charge is 0.153 e. The predicted octanol–water partition coefficient (Wildman–Crippen LogP) is 0.860. The molecule has 2 aromatic heterocycles. The first-order valence-electron chi connectivity index (χ1n) is 5.83. The van der Waals surface area contributed by atoms with Crippen LogP contribution in [0.5, 0.6) is 0 Å². The molecule has 1 atom stereocenters. The van der Waals surface area contributed by atoms with Crippen LogP contribution in [-0.2, 0) is 19.4 Å². The summed E-state index contributed by atoms with van der Waals surface area (Å²) in [6, 6.07) is 2.03. The molecule has 1 unspecified atom stereocenters. The first-order chi connectivity index (χ1) is 8.24. The van der Waals surface area contributed by atoms with Crippen LogP contribution in [0.15, 0.2) is 12.4 Å². The number of aryl methyl sites for hydroxylation is 2. The summed E-state index contributed by atoms with van der Waals surface area (Å²) in [7, 11) is 0. The molecule has 92 valence electrons. The van der Waals surface area contributed by atoms with E-state index in [1.165, 1.54) is 6.33 Å². The van der Waals surface area contributed by atoms with Crippen molar-refractivity contribution in [2.45, 2.75) is 39.3 Å². The number of aliphatic hydroxyl groups is 1. The van der Waals surface area contributed by atoms with Crippen LogP contribution in [0.25, 0.3) is 0 Å². The Morgan fingerprint density at radius 2 is 2.29 bits per heavy atom. The van der Waals surface area contributed by atoms with Gasteiger partial charge >= 0.3 is 0 Å². The summed E-state index contributed by atoms with van der Waals surface area (Å²) in [6.07, 6.45) is 2.13. The number of nitrogens with one attached hydrogen (secondary N) is 1. The molecule has 6 heteroatoms. The molecule has 0 aliphatic heterocycles. The fourth-order valence-electron chi connectivity index (χ4n) is 1.80. The van der Waals surface area contributed by atoms with Crippen LogP contribution in [0.3, 0.4) is 0 Å². The third-order valence-electron chi connectivity index (χ3n) is 2.73. The fraction of sp³-hybridized carbons (Fsp3) is 0.545. The van der Waals surface area contributed by atoms with Crippen molar-refractivity contribution in [1.29, 1.82) is 0 Å². The van der Waals surface area contributed by atoms with Crippen molar-refractivity contribution in [1.82, 2.24) is 25.0 Å². The maximum Gasteiger partial charge on any atom is 0.153 e. The normalized spacial score (nSPS) is 12.9. The van der Waals surface area contributed by atoms with Crippen LogP contribution in [0.1, 0.15) is 37.2 Å². The lowest BCUT2D eigenvalue weighted by Crippen LogP contribution is -2.09. The van der Waals surface area contributed by atoms with E-state index in [2.05, 4.69) is 27.2 Å². The Kier molecular flexibility index (Phi) is 3.53. The number of aromatic nitrogens is 5. The summed E-state index contributed by atoms with van der Waals surface area (Å²) < 4.78 is 1.92. The van der Waals surface area contributed by atoms with Gasteiger partial charge in [-0.25, -0.2) is 4.98 Å². The van der Waals surface area contributed by atoms with Crippen LogP contribution in [0.2, 0.25) is 0 Å². The first kappa shape index (κ1) is 11.8. The van der Waals surface area contributed by atoms with E-state index in [9.17, 15) is 5.11 Å². The molecule has 0 aliphatic rings. The lowest BCUT2D eigenvalue weighted by molar-refractivity contribution is 0.166. The fourth-order valence-corrected chi connectivity index (χ4v) is 1.80. The number of hydrogen-bond donors (Lipinski definition) is 2. The van der Waals surface area contributed by atoms with E-state index in [0.29, 0.717) is 12.2 Å². The van der Waals surface area contributed by atoms with Crippen molar-refractivity contribution in [2.75, 3.05) is 0 Å². The molecule has 0 bridgehead atoms. The molecule has 6 nitrogen and oxygen atoms in total. The highest BCUT2D eigenvalue weighted by atomic mass is 16.3. The van der Waals surface area contributed by atoms with Gasteiger partial charge in [0.2, 0.25) is 0 Å². The Morgan fingerprint density at radius 3 is 2.88 bits per heavy atom. The third-order valence-corrected chi connectivity index (χ3v) is 2.73. The summed E-state index contributed by atoms with van der Waals surface area (Å²) in [4.78, 5) is 3.95. The van der Waals surface area contributed by atoms with Crippen LogP contribution < -0.4 is 0 Å². The second kappa shape index (κ2) is 5.09. The highest BCUT2D eigenvalue weighted by molar-refractivity contribution is 5.12. The molecule has 2 rings (SSSR count). The SMILES string of the molecule is CCc1cc(CC(O)c2ncn[nH]2)n(CC)n1. The van der Waals surface area contributed by atoms with E-state index in [-0.39, 0.29) is 0 Å². The number of aliphatic hydroxyl groups excluding tert-OH is 1. The molecule has 0 aliphatic carbocycles. The van der Waals surface area contributed by atoms with E-state index in [4.69, 9.17) is 0 Å². The predicted molar refractivity (Wildman–Crippen MR) is 62.3 cm³/mol. The van der Waals surface area contributed by atoms with Gasteiger partial charge in [-0.15, -0.1) is 0 Å². The molecule has 2 heterocycles. The lowest BCUT2D eigenvalue weighted by atomic mass is 10.1. The van der Waals surface area contributed by atoms with Gasteiger partial charge in [0.25, 0.3) is 0 Å². The number of aromatic amines is 1. The minimum Gasteiger partial charge on any atom is -0.385 e. The second-order valence-electron chi connectivity index (χ2n) is 3.89. The van der Waals surface area contributed by atoms with Crippen LogP contribution in [0.4, 0.5) is 0 Å². The van der Waals surface area contributed by atoms with E-state index in [0.717, 1.165) is 24.4 Å². The Hall–Kier alpha value is -1.69. The summed E-state index contributed by atoms with van der Waals surface area (Å²) >= 11 is 0. The maximum atomic E-state index is 9.99. The molecule has 2 aromatic rings. The van der Waals surface area contributed by atoms with Crippen molar-refractivity contribution >= 4 is 0 Å². The van der Waals surface area contributed by atoms with E-state index < -0.39 is 6.10 Å². The molecule has 0 aromatic carbocycles. The first-order valence-corrected chi connectivity index (χ1v) is 5.83. The molecule has 0 amide bonds. The van der Waals surface area contributed by atoms with Gasteiger partial charge in [-0.3, -0.25) is 9.78 Å². The molecular weight excluding hydrogens is 218 g/mol. The second-order valence-corrected chi connectivity index (χ2v) is 3.89. The minimum absolute atomic E-state index is 0.493. The summed E-state index contributed by atoms with van der Waals surface area (Å²) in [5.74, 6) is 0.493. The van der Waals surface area contributed by atoms with Crippen molar-refractivity contribution in [2.24, 2.45) is 0 Å². The largest absolute Gasteiger partial charge is 0.385 e. The maximum absolute atomic E-state index is 9.99. The number of H-pyrrole nitrogens is 1. The molecule has 0 fully saturated rings. The summed E-state index contributed by atoms with van der Waals surface area (Å²) in [5.41, 5.74) is 2.07. The lowest BCUT2D eigenvalue weighted by Gasteiger charge is -2.08. The Balaban J connectivity index is 2.15. The van der Waals surface area contributed by atoms with Gasteiger partial charge in [0.15, 0.2) is 5.82 Å². The van der Waals surface area contributed by atoms with E-state index >= 15 is 0 Å². The van der Waals surface area contributed by atoms with Crippen molar-refractivity contribution in [3.8, 4) is 0 Å². The highest BCUT2D eigenvalue weighted by Gasteiger charge is 2.15. The molecule has 0 saturated heterocycles. The average molecular weight is 235 g/mol. The van der Waals surface area contributed by atoms with Gasteiger partial charge in [0.05, 0.1) is 5.69 Å². The van der Waals surface area contributed by atoms with Gasteiger partial charge in [-0.2, -0.15) is 10.2 Å². The highest BCUT2D eigenvalue weighted by Crippen LogP contribution is 2.15. The zero-order valence-electron chi connectivity index (χ0n) is 10.1. The molecule has 2 N–H and O–H groups in total. The van der Waals surface area contributed by atoms with Crippen LogP contribution in [-0.4, -0.2) is 30.1 Å². The number of hydrogen-bond acceptors (Lipinski definition) is 4. The topological polar surface area (TPSA) is 79.6 Å². The summed E-state index contributed by atoms with van der Waals surface area (Å²) in [6.45, 7) is 4.91. The van der Waals surface area contributed by atoms with Crippen molar-refractivity contribution in [3.63, 3.8) is 0 Å². The third kappa shape index (κ3) is 2.52. The average Bonchev–Trinajstić information content (AvgIpc) is 2.97. The monoisotopic (exact) mass is 235 g/mol. The van der Waals surface area contributed by atoms with Crippen molar-refractivity contribution < 1.29 is 5.11 Å². The number of nitrogens with zero attached hydrogens (tertiary/aromatic N) is 4. The Labute approximate surface area is 99.7 Å². The van der Waals surface area contributed by atoms with Gasteiger partial charge in [0.1, 0.15) is 12.4 Å². The quantitative estimate of drug-likeness (QED) is 0.805. The molecule has 17 heavy (non-hydrogen) atoms. The van der Waals surface area contributed by atoms with Crippen LogP contribution >= 0.6 is 0 Å². The zero-order chi connectivity index (χ0) is 12.3. The Morgan fingerprint density at radius 1 is 1.47 bits per heavy atom. The molecular formula is C11H17N5O. The minimum atomic E-state index is -0.663. The number of rotatable bonds is 5. The van der Waals surface area contributed by atoms with Gasteiger partial charge < -0.3 is 5.11 Å². The zero-order valence-corrected chi connectivity index (χ0v) is 10.1. The molecule has 0 saturated carbocycles. The van der Waals surface area contributed by atoms with E-state index in [1.807, 2.05) is 17.7 Å². The van der Waals surface area contributed by atoms with Crippen molar-refractivity contribution in [3.05, 3.63) is 29.6 Å². The summed E-state index contributed by atoms with van der Waals surface area (Å²) in [5, 5.41) is 20.8. The Bertz CT molecular complexity index is 462. The van der Waals surface area contributed by atoms with Gasteiger partial charge in [0, 0.05) is 18.7 Å². The van der Waals surface area contributed by atoms with E-state index in [1.54, 1.807) is 0 Å². The van der Waals surface area contributed by atoms with Crippen LogP contribution in [0, 0.1) is 0 Å². The van der Waals surface area contributed by atoms with Gasteiger partial charge in [-0.1, -0.05) is 6.92 Å². The standard InChI is InChI=1S/C11H17N5O/c1-3-8-5-9(16(4-2)15-8)6-10(17)11-12-7-13-14-11/h5,7,10,17H,3-4,6H2,1-2H3,(H,12,13,14). The molecule has 0 spiro atoms. The van der Waals surface area contributed by atoms with Gasteiger partial charge in [-0.05, 0) is 19.4 Å².